The fraction of sp³-hybridized carbons (Fsp3) is 0.682. The molecule has 1 aromatic rings. The molecule has 1 aromatic carbocycles. The van der Waals surface area contributed by atoms with Crippen LogP contribution >= 0.6 is 0 Å². The van der Waals surface area contributed by atoms with E-state index in [-0.39, 0.29) is 11.4 Å². The van der Waals surface area contributed by atoms with Crippen LogP contribution in [0.1, 0.15) is 75.1 Å². The highest BCUT2D eigenvalue weighted by Gasteiger charge is 2.36. The predicted molar refractivity (Wildman–Crippen MR) is 104 cm³/mol. The molecule has 1 aliphatic heterocycles. The van der Waals surface area contributed by atoms with Gasteiger partial charge in [0.05, 0.1) is 5.54 Å². The molecule has 1 heterocycles. The fourth-order valence-electron chi connectivity index (χ4n) is 4.72. The van der Waals surface area contributed by atoms with Gasteiger partial charge in [-0.3, -0.25) is 4.79 Å². The zero-order valence-electron chi connectivity index (χ0n) is 15.8. The van der Waals surface area contributed by atoms with Crippen molar-refractivity contribution in [2.45, 2.75) is 70.3 Å². The average Bonchev–Trinajstić information content (AvgIpc) is 2.65. The topological polar surface area (TPSA) is 32.3 Å². The van der Waals surface area contributed by atoms with Crippen molar-refractivity contribution in [3.63, 3.8) is 0 Å². The molecule has 0 spiro atoms. The lowest BCUT2D eigenvalue weighted by atomic mass is 9.80. The molecule has 1 saturated heterocycles. The fourth-order valence-corrected chi connectivity index (χ4v) is 4.72. The lowest BCUT2D eigenvalue weighted by molar-refractivity contribution is 0.0749. The first-order valence-corrected chi connectivity index (χ1v) is 10.3. The first-order chi connectivity index (χ1) is 12.2. The maximum Gasteiger partial charge on any atom is 0.251 e. The summed E-state index contributed by atoms with van der Waals surface area (Å²) >= 11 is 0. The Morgan fingerprint density at radius 1 is 1.12 bits per heavy atom. The zero-order valence-corrected chi connectivity index (χ0v) is 15.8. The van der Waals surface area contributed by atoms with Crippen LogP contribution in [0, 0.1) is 5.92 Å². The van der Waals surface area contributed by atoms with Gasteiger partial charge in [-0.25, -0.2) is 0 Å². The highest BCUT2D eigenvalue weighted by atomic mass is 16.1. The Morgan fingerprint density at radius 2 is 1.80 bits per heavy atom. The Balaban J connectivity index is 1.62. The van der Waals surface area contributed by atoms with Gasteiger partial charge in [0.15, 0.2) is 0 Å². The van der Waals surface area contributed by atoms with Crippen molar-refractivity contribution in [2.24, 2.45) is 5.92 Å². The summed E-state index contributed by atoms with van der Waals surface area (Å²) in [5.41, 5.74) is 0.761. The largest absolute Gasteiger partial charge is 0.345 e. The number of amides is 1. The molecular weight excluding hydrogens is 308 g/mol. The van der Waals surface area contributed by atoms with Gasteiger partial charge < -0.3 is 10.2 Å². The maximum atomic E-state index is 12.8. The maximum absolute atomic E-state index is 12.8. The molecule has 1 N–H and O–H groups in total. The summed E-state index contributed by atoms with van der Waals surface area (Å²) in [4.78, 5) is 15.4. The van der Waals surface area contributed by atoms with E-state index in [1.165, 1.54) is 58.0 Å². The van der Waals surface area contributed by atoms with Crippen LogP contribution in [0.25, 0.3) is 0 Å². The first-order valence-electron chi connectivity index (χ1n) is 10.3. The third kappa shape index (κ3) is 5.07. The number of nitrogens with one attached hydrogen (secondary N) is 1. The van der Waals surface area contributed by atoms with E-state index in [9.17, 15) is 4.79 Å². The number of carbonyl (C=O) groups is 1. The van der Waals surface area contributed by atoms with Gasteiger partial charge in [-0.2, -0.15) is 0 Å². The van der Waals surface area contributed by atoms with E-state index in [2.05, 4.69) is 17.1 Å². The van der Waals surface area contributed by atoms with Gasteiger partial charge in [0.2, 0.25) is 0 Å². The summed E-state index contributed by atoms with van der Waals surface area (Å²) in [5, 5.41) is 3.45. The minimum atomic E-state index is -0.0250. The van der Waals surface area contributed by atoms with Crippen LogP contribution in [0.2, 0.25) is 0 Å². The molecule has 2 aliphatic rings. The molecule has 0 unspecified atom stereocenters. The van der Waals surface area contributed by atoms with Crippen LogP contribution in [-0.4, -0.2) is 36.0 Å². The third-order valence-corrected chi connectivity index (χ3v) is 6.16. The Morgan fingerprint density at radius 3 is 2.44 bits per heavy atom. The smallest absolute Gasteiger partial charge is 0.251 e. The Bertz CT molecular complexity index is 528. The van der Waals surface area contributed by atoms with Crippen LogP contribution in [0.4, 0.5) is 0 Å². The van der Waals surface area contributed by atoms with Crippen molar-refractivity contribution < 1.29 is 4.79 Å². The molecule has 2 fully saturated rings. The van der Waals surface area contributed by atoms with Gasteiger partial charge >= 0.3 is 0 Å². The normalized spacial score (nSPS) is 21.8. The second-order valence-electron chi connectivity index (χ2n) is 8.17. The molecule has 0 atom stereocenters. The minimum Gasteiger partial charge on any atom is -0.345 e. The second kappa shape index (κ2) is 8.84. The van der Waals surface area contributed by atoms with E-state index in [0.717, 1.165) is 30.9 Å². The summed E-state index contributed by atoms with van der Waals surface area (Å²) in [5.74, 6) is 1.02. The van der Waals surface area contributed by atoms with Crippen molar-refractivity contribution >= 4 is 5.91 Å². The van der Waals surface area contributed by atoms with Crippen molar-refractivity contribution in [3.8, 4) is 0 Å². The van der Waals surface area contributed by atoms with Crippen LogP contribution < -0.4 is 5.32 Å². The zero-order chi connectivity index (χ0) is 17.5. The highest BCUT2D eigenvalue weighted by molar-refractivity contribution is 5.94. The number of hydrogen-bond acceptors (Lipinski definition) is 2. The molecule has 1 amide bonds. The molecule has 3 nitrogen and oxygen atoms in total. The first kappa shape index (κ1) is 18.4. The van der Waals surface area contributed by atoms with E-state index >= 15 is 0 Å². The molecule has 0 bridgehead atoms. The lowest BCUT2D eigenvalue weighted by Gasteiger charge is -2.43. The number of nitrogens with zero attached hydrogens (tertiary/aromatic N) is 1. The molecule has 0 radical (unpaired) electrons. The SMILES string of the molecule is CCCC1CCN(CC2(NC(=O)c3ccccc3)CCCCC2)CC1. The Kier molecular flexibility index (Phi) is 6.52. The quantitative estimate of drug-likeness (QED) is 0.817. The summed E-state index contributed by atoms with van der Waals surface area (Å²) in [6.45, 7) is 5.73. The number of benzene rings is 1. The molecule has 3 rings (SSSR count). The van der Waals surface area contributed by atoms with Gasteiger partial charge in [0.25, 0.3) is 5.91 Å². The van der Waals surface area contributed by atoms with E-state index in [1.54, 1.807) is 0 Å². The van der Waals surface area contributed by atoms with Crippen LogP contribution in [0.15, 0.2) is 30.3 Å². The van der Waals surface area contributed by atoms with E-state index in [1.807, 2.05) is 30.3 Å². The molecule has 138 valence electrons. The molecule has 25 heavy (non-hydrogen) atoms. The monoisotopic (exact) mass is 342 g/mol. The molecule has 1 aliphatic carbocycles. The number of likely N-dealkylation sites (tertiary alicyclic amines) is 1. The number of piperidine rings is 1. The average molecular weight is 343 g/mol. The Labute approximate surface area is 153 Å². The second-order valence-corrected chi connectivity index (χ2v) is 8.17. The minimum absolute atomic E-state index is 0.0250. The van der Waals surface area contributed by atoms with Crippen LogP contribution in [0.5, 0.6) is 0 Å². The molecular formula is C22H34N2O. The summed E-state index contributed by atoms with van der Waals surface area (Å²) in [6.07, 6.45) is 11.4. The summed E-state index contributed by atoms with van der Waals surface area (Å²) < 4.78 is 0. The number of carbonyl (C=O) groups excluding carboxylic acids is 1. The Hall–Kier alpha value is -1.35. The molecule has 1 saturated carbocycles. The third-order valence-electron chi connectivity index (χ3n) is 6.16. The highest BCUT2D eigenvalue weighted by Crippen LogP contribution is 2.31. The van der Waals surface area contributed by atoms with Gasteiger partial charge in [-0.05, 0) is 56.8 Å². The van der Waals surface area contributed by atoms with E-state index < -0.39 is 0 Å². The van der Waals surface area contributed by atoms with Gasteiger partial charge in [0, 0.05) is 12.1 Å². The van der Waals surface area contributed by atoms with Crippen LogP contribution in [-0.2, 0) is 0 Å². The van der Waals surface area contributed by atoms with Crippen molar-refractivity contribution in [1.29, 1.82) is 0 Å². The predicted octanol–water partition coefficient (Wildman–Crippen LogP) is 4.63. The van der Waals surface area contributed by atoms with Crippen molar-refractivity contribution in [1.82, 2.24) is 10.2 Å². The van der Waals surface area contributed by atoms with Crippen molar-refractivity contribution in [3.05, 3.63) is 35.9 Å². The molecule has 0 aromatic heterocycles. The lowest BCUT2D eigenvalue weighted by Crippen LogP contribution is -2.57. The van der Waals surface area contributed by atoms with Gasteiger partial charge in [-0.15, -0.1) is 0 Å². The van der Waals surface area contributed by atoms with Crippen molar-refractivity contribution in [2.75, 3.05) is 19.6 Å². The summed E-state index contributed by atoms with van der Waals surface area (Å²) in [7, 11) is 0. The number of hydrogen-bond donors (Lipinski definition) is 1. The van der Waals surface area contributed by atoms with Gasteiger partial charge in [0.1, 0.15) is 0 Å². The number of rotatable bonds is 6. The van der Waals surface area contributed by atoms with E-state index in [4.69, 9.17) is 0 Å². The van der Waals surface area contributed by atoms with E-state index in [0.29, 0.717) is 0 Å². The van der Waals surface area contributed by atoms with Crippen LogP contribution in [0.3, 0.4) is 0 Å². The standard InChI is InChI=1S/C22H34N2O/c1-2-9-19-12-16-24(17-13-19)18-22(14-7-4-8-15-22)23-21(25)20-10-5-3-6-11-20/h3,5-6,10-11,19H,2,4,7-9,12-18H2,1H3,(H,23,25). The summed E-state index contributed by atoms with van der Waals surface area (Å²) in [6, 6.07) is 9.69. The van der Waals surface area contributed by atoms with Gasteiger partial charge in [-0.1, -0.05) is 57.2 Å². The molecule has 3 heteroatoms.